The minimum Gasteiger partial charge on any atom is -0.417 e. The van der Waals surface area contributed by atoms with Gasteiger partial charge in [-0.25, -0.2) is 0 Å². The molecule has 0 aliphatic heterocycles. The van der Waals surface area contributed by atoms with Gasteiger partial charge in [0.05, 0.1) is 18.3 Å². The van der Waals surface area contributed by atoms with Crippen LogP contribution in [-0.2, 0) is 28.1 Å². The molecular weight excluding hydrogens is 412 g/mol. The molecule has 0 rings (SSSR count). The van der Waals surface area contributed by atoms with Gasteiger partial charge in [0.25, 0.3) is 0 Å². The molecule has 5 atom stereocenters. The van der Waals surface area contributed by atoms with Crippen LogP contribution >= 0.6 is 0 Å². The Bertz CT molecular complexity index is 465. The lowest BCUT2D eigenvalue weighted by Gasteiger charge is -2.38. The molecule has 0 aliphatic carbocycles. The SMILES string of the molecule is C=C[C@H](CC[C@@H](C)[C@@H](OCOC)[C@H](C)[C@@H](CCO[Si](C)(C)C(C)(C)C)OCOC)OC. The average Bonchev–Trinajstić information content (AvgIpc) is 2.70. The Morgan fingerprint density at radius 2 is 1.48 bits per heavy atom. The normalized spacial score (nSPS) is 17.7. The van der Waals surface area contributed by atoms with Crippen molar-refractivity contribution in [1.29, 1.82) is 0 Å². The first-order chi connectivity index (χ1) is 14.4. The molecule has 0 aromatic heterocycles. The Balaban J connectivity index is 5.22. The summed E-state index contributed by atoms with van der Waals surface area (Å²) in [7, 11) is 3.21. The van der Waals surface area contributed by atoms with Crippen LogP contribution in [0.4, 0.5) is 0 Å². The first-order valence-electron chi connectivity index (χ1n) is 11.5. The lowest BCUT2D eigenvalue weighted by molar-refractivity contribution is -0.155. The van der Waals surface area contributed by atoms with Gasteiger partial charge in [0, 0.05) is 33.9 Å². The Hall–Kier alpha value is -0.283. The third-order valence-corrected chi connectivity index (χ3v) is 11.1. The summed E-state index contributed by atoms with van der Waals surface area (Å²) in [5.41, 5.74) is 0. The highest BCUT2D eigenvalue weighted by molar-refractivity contribution is 6.74. The summed E-state index contributed by atoms with van der Waals surface area (Å²) < 4.78 is 34.5. The van der Waals surface area contributed by atoms with E-state index in [0.717, 1.165) is 19.3 Å². The zero-order valence-electron chi connectivity index (χ0n) is 21.9. The number of rotatable bonds is 18. The van der Waals surface area contributed by atoms with Crippen molar-refractivity contribution < 1.29 is 28.1 Å². The molecule has 0 fully saturated rings. The van der Waals surface area contributed by atoms with Crippen LogP contribution in [-0.4, -0.2) is 68.2 Å². The fourth-order valence-electron chi connectivity index (χ4n) is 3.42. The number of hydrogen-bond donors (Lipinski definition) is 0. The summed E-state index contributed by atoms with van der Waals surface area (Å²) in [6, 6.07) is 0. The Morgan fingerprint density at radius 1 is 0.903 bits per heavy atom. The molecule has 0 amide bonds. The first-order valence-corrected chi connectivity index (χ1v) is 14.4. The molecule has 0 saturated heterocycles. The average molecular weight is 463 g/mol. The molecule has 0 unspecified atom stereocenters. The molecule has 0 saturated carbocycles. The molecule has 186 valence electrons. The third-order valence-electron chi connectivity index (χ3n) is 6.59. The maximum atomic E-state index is 6.41. The fraction of sp³-hybridized carbons (Fsp3) is 0.917. The largest absolute Gasteiger partial charge is 0.417 e. The van der Waals surface area contributed by atoms with E-state index >= 15 is 0 Å². The maximum Gasteiger partial charge on any atom is 0.191 e. The van der Waals surface area contributed by atoms with Gasteiger partial charge in [0.15, 0.2) is 8.32 Å². The second-order valence-corrected chi connectivity index (χ2v) is 14.8. The predicted molar refractivity (Wildman–Crippen MR) is 130 cm³/mol. The van der Waals surface area contributed by atoms with E-state index in [1.165, 1.54) is 0 Å². The van der Waals surface area contributed by atoms with Crippen molar-refractivity contribution in [3.05, 3.63) is 12.7 Å². The van der Waals surface area contributed by atoms with Gasteiger partial charge >= 0.3 is 0 Å². The zero-order chi connectivity index (χ0) is 24.1. The van der Waals surface area contributed by atoms with Crippen LogP contribution in [0, 0.1) is 11.8 Å². The van der Waals surface area contributed by atoms with Gasteiger partial charge < -0.3 is 28.1 Å². The lowest BCUT2D eigenvalue weighted by atomic mass is 9.85. The molecule has 7 heteroatoms. The van der Waals surface area contributed by atoms with Crippen molar-refractivity contribution in [1.82, 2.24) is 0 Å². The quantitative estimate of drug-likeness (QED) is 0.149. The van der Waals surface area contributed by atoms with E-state index in [9.17, 15) is 0 Å². The Labute approximate surface area is 193 Å². The lowest BCUT2D eigenvalue weighted by Crippen LogP contribution is -2.43. The van der Waals surface area contributed by atoms with E-state index in [-0.39, 0.29) is 42.9 Å². The van der Waals surface area contributed by atoms with E-state index in [1.54, 1.807) is 21.3 Å². The molecular formula is C24H50O6Si. The van der Waals surface area contributed by atoms with E-state index < -0.39 is 8.32 Å². The van der Waals surface area contributed by atoms with Crippen molar-refractivity contribution in [2.75, 3.05) is 41.5 Å². The fourth-order valence-corrected chi connectivity index (χ4v) is 4.48. The van der Waals surface area contributed by atoms with Gasteiger partial charge in [-0.3, -0.25) is 0 Å². The number of hydrogen-bond acceptors (Lipinski definition) is 6. The molecule has 6 nitrogen and oxygen atoms in total. The maximum absolute atomic E-state index is 6.41. The smallest absolute Gasteiger partial charge is 0.191 e. The van der Waals surface area contributed by atoms with E-state index in [1.807, 2.05) is 6.08 Å². The monoisotopic (exact) mass is 462 g/mol. The molecule has 0 aromatic carbocycles. The van der Waals surface area contributed by atoms with Crippen LogP contribution in [0.15, 0.2) is 12.7 Å². The van der Waals surface area contributed by atoms with Gasteiger partial charge in [-0.15, -0.1) is 6.58 Å². The standard InChI is InChI=1S/C24H50O6Si/c1-12-21(27-9)14-13-19(2)23(29-18-26-8)20(3)22(28-17-25-7)15-16-30-31(10,11)24(4,5)6/h12,19-23H,1,13-18H2,2-11H3/t19-,20-,21-,22-,23-/m1/s1. The molecule has 0 aromatic rings. The van der Waals surface area contributed by atoms with Crippen molar-refractivity contribution in [2.24, 2.45) is 11.8 Å². The first kappa shape index (κ1) is 30.7. The second-order valence-electron chi connectivity index (χ2n) is 9.97. The van der Waals surface area contributed by atoms with Crippen LogP contribution in [0.25, 0.3) is 0 Å². The van der Waals surface area contributed by atoms with Crippen molar-refractivity contribution >= 4 is 8.32 Å². The van der Waals surface area contributed by atoms with Gasteiger partial charge in [-0.05, 0) is 43.3 Å². The summed E-state index contributed by atoms with van der Waals surface area (Å²) in [5.74, 6) is 0.450. The van der Waals surface area contributed by atoms with Crippen LogP contribution in [0.1, 0.15) is 53.9 Å². The molecule has 0 bridgehead atoms. The van der Waals surface area contributed by atoms with Crippen LogP contribution in [0.2, 0.25) is 18.1 Å². The number of methoxy groups -OCH3 is 3. The minimum atomic E-state index is -1.80. The highest BCUT2D eigenvalue weighted by Crippen LogP contribution is 2.37. The summed E-state index contributed by atoms with van der Waals surface area (Å²) in [6.07, 6.45) is 4.51. The molecule has 0 aliphatic rings. The molecule has 0 spiro atoms. The van der Waals surface area contributed by atoms with Gasteiger partial charge in [-0.1, -0.05) is 40.7 Å². The zero-order valence-corrected chi connectivity index (χ0v) is 22.9. The minimum absolute atomic E-state index is 0.0167. The Morgan fingerprint density at radius 3 is 1.97 bits per heavy atom. The summed E-state index contributed by atoms with van der Waals surface area (Å²) in [6.45, 7) is 20.8. The van der Waals surface area contributed by atoms with Crippen molar-refractivity contribution in [3.63, 3.8) is 0 Å². The van der Waals surface area contributed by atoms with E-state index in [4.69, 9.17) is 28.1 Å². The predicted octanol–water partition coefficient (Wildman–Crippen LogP) is 5.63. The van der Waals surface area contributed by atoms with Crippen molar-refractivity contribution in [3.8, 4) is 0 Å². The summed E-state index contributed by atoms with van der Waals surface area (Å²) >= 11 is 0. The molecule has 31 heavy (non-hydrogen) atoms. The van der Waals surface area contributed by atoms with Crippen molar-refractivity contribution in [2.45, 2.75) is 90.3 Å². The summed E-state index contributed by atoms with van der Waals surface area (Å²) in [4.78, 5) is 0. The third kappa shape index (κ3) is 11.4. The Kier molecular flexibility index (Phi) is 15.4. The highest BCUT2D eigenvalue weighted by Gasteiger charge is 2.38. The second kappa shape index (κ2) is 15.5. The van der Waals surface area contributed by atoms with E-state index in [0.29, 0.717) is 12.5 Å². The van der Waals surface area contributed by atoms with Crippen LogP contribution in [0.3, 0.4) is 0 Å². The van der Waals surface area contributed by atoms with Crippen LogP contribution in [0.5, 0.6) is 0 Å². The molecule has 0 N–H and O–H groups in total. The van der Waals surface area contributed by atoms with Gasteiger partial charge in [0.2, 0.25) is 0 Å². The van der Waals surface area contributed by atoms with Crippen LogP contribution < -0.4 is 0 Å². The summed E-state index contributed by atoms with van der Waals surface area (Å²) in [5, 5.41) is 0.184. The topological polar surface area (TPSA) is 55.4 Å². The van der Waals surface area contributed by atoms with E-state index in [2.05, 4.69) is 54.3 Å². The molecule has 0 heterocycles. The molecule has 0 radical (unpaired) electrons. The van der Waals surface area contributed by atoms with Gasteiger partial charge in [-0.2, -0.15) is 0 Å². The van der Waals surface area contributed by atoms with Gasteiger partial charge in [0.1, 0.15) is 13.6 Å². The highest BCUT2D eigenvalue weighted by atomic mass is 28.4. The number of ether oxygens (including phenoxy) is 5.